The highest BCUT2D eigenvalue weighted by Crippen LogP contribution is 2.25. The van der Waals surface area contributed by atoms with Crippen LogP contribution in [0.25, 0.3) is 10.8 Å². The fraction of sp³-hybridized carbons (Fsp3) is 0.476. The van der Waals surface area contributed by atoms with Gasteiger partial charge in [-0.1, -0.05) is 24.3 Å². The molecule has 4 rings (SSSR count). The second kappa shape index (κ2) is 7.64. The molecule has 26 heavy (non-hydrogen) atoms. The van der Waals surface area contributed by atoms with Crippen LogP contribution in [0.4, 0.5) is 0 Å². The topological polar surface area (TPSA) is 44.8 Å². The van der Waals surface area contributed by atoms with Crippen LogP contribution in [0.2, 0.25) is 0 Å². The van der Waals surface area contributed by atoms with Gasteiger partial charge in [0, 0.05) is 45.3 Å². The number of ether oxygens (including phenoxy) is 1. The summed E-state index contributed by atoms with van der Waals surface area (Å²) in [6, 6.07) is 12.7. The fourth-order valence-corrected chi connectivity index (χ4v) is 4.19. The SMILES string of the molecule is COc1ccc2cccc(CC(=O)N3CCC(N4CCNCC4)C3)c2c1. The third kappa shape index (κ3) is 3.55. The normalized spacial score (nSPS) is 21.3. The molecule has 2 aromatic rings. The molecule has 0 spiro atoms. The smallest absolute Gasteiger partial charge is 0.227 e. The number of hydrogen-bond acceptors (Lipinski definition) is 4. The summed E-state index contributed by atoms with van der Waals surface area (Å²) in [4.78, 5) is 17.5. The van der Waals surface area contributed by atoms with E-state index in [0.29, 0.717) is 12.5 Å². The maximum absolute atomic E-state index is 12.9. The Labute approximate surface area is 154 Å². The zero-order valence-electron chi connectivity index (χ0n) is 15.4. The van der Waals surface area contributed by atoms with E-state index in [1.807, 2.05) is 23.1 Å². The molecule has 0 saturated carbocycles. The van der Waals surface area contributed by atoms with Gasteiger partial charge in [0.15, 0.2) is 0 Å². The molecule has 2 aliphatic heterocycles. The Morgan fingerprint density at radius 2 is 2.04 bits per heavy atom. The minimum atomic E-state index is 0.234. The number of nitrogens with zero attached hydrogens (tertiary/aromatic N) is 2. The number of nitrogens with one attached hydrogen (secondary N) is 1. The first-order chi connectivity index (χ1) is 12.7. The zero-order valence-corrected chi connectivity index (χ0v) is 15.4. The average molecular weight is 353 g/mol. The predicted octanol–water partition coefficient (Wildman–Crippen LogP) is 1.90. The summed E-state index contributed by atoms with van der Waals surface area (Å²) in [5, 5.41) is 5.66. The molecule has 0 aliphatic carbocycles. The summed E-state index contributed by atoms with van der Waals surface area (Å²) < 4.78 is 5.36. The molecular weight excluding hydrogens is 326 g/mol. The molecule has 2 heterocycles. The van der Waals surface area contributed by atoms with Crippen LogP contribution in [0.15, 0.2) is 36.4 Å². The lowest BCUT2D eigenvalue weighted by Gasteiger charge is -2.32. The Kier molecular flexibility index (Phi) is 5.09. The van der Waals surface area contributed by atoms with Crippen molar-refractivity contribution in [1.82, 2.24) is 15.1 Å². The van der Waals surface area contributed by atoms with Gasteiger partial charge in [0.2, 0.25) is 5.91 Å². The highest BCUT2D eigenvalue weighted by atomic mass is 16.5. The molecule has 0 aromatic heterocycles. The van der Waals surface area contributed by atoms with Crippen LogP contribution >= 0.6 is 0 Å². The summed E-state index contributed by atoms with van der Waals surface area (Å²) in [5.41, 5.74) is 1.08. The molecule has 0 bridgehead atoms. The van der Waals surface area contributed by atoms with Crippen LogP contribution in [0, 0.1) is 0 Å². The number of methoxy groups -OCH3 is 1. The molecule has 1 unspecified atom stereocenters. The van der Waals surface area contributed by atoms with Gasteiger partial charge in [0.25, 0.3) is 0 Å². The van der Waals surface area contributed by atoms with Crippen molar-refractivity contribution in [1.29, 1.82) is 0 Å². The first-order valence-corrected chi connectivity index (χ1v) is 9.53. The number of benzene rings is 2. The summed E-state index contributed by atoms with van der Waals surface area (Å²) in [6.07, 6.45) is 1.55. The number of carbonyl (C=O) groups excluding carboxylic acids is 1. The van der Waals surface area contributed by atoms with E-state index < -0.39 is 0 Å². The fourth-order valence-electron chi connectivity index (χ4n) is 4.19. The molecule has 138 valence electrons. The minimum absolute atomic E-state index is 0.234. The van der Waals surface area contributed by atoms with Gasteiger partial charge in [0.05, 0.1) is 13.5 Å². The highest BCUT2D eigenvalue weighted by molar-refractivity contribution is 5.91. The lowest BCUT2D eigenvalue weighted by molar-refractivity contribution is -0.129. The number of amides is 1. The highest BCUT2D eigenvalue weighted by Gasteiger charge is 2.30. The van der Waals surface area contributed by atoms with Crippen LogP contribution in [0.5, 0.6) is 5.75 Å². The maximum Gasteiger partial charge on any atom is 0.227 e. The third-order valence-corrected chi connectivity index (χ3v) is 5.71. The number of piperazine rings is 1. The van der Waals surface area contributed by atoms with Crippen LogP contribution < -0.4 is 10.1 Å². The van der Waals surface area contributed by atoms with Crippen LogP contribution in [0.3, 0.4) is 0 Å². The van der Waals surface area contributed by atoms with Crippen LogP contribution in [-0.2, 0) is 11.2 Å². The molecule has 0 radical (unpaired) electrons. The van der Waals surface area contributed by atoms with E-state index in [2.05, 4.69) is 28.4 Å². The van der Waals surface area contributed by atoms with Crippen molar-refractivity contribution in [3.05, 3.63) is 42.0 Å². The largest absolute Gasteiger partial charge is 0.497 e. The van der Waals surface area contributed by atoms with E-state index in [4.69, 9.17) is 4.74 Å². The lowest BCUT2D eigenvalue weighted by Crippen LogP contribution is -2.49. The standard InChI is InChI=1S/C21H27N3O2/c1-26-19-6-5-16-3-2-4-17(20(16)14-19)13-21(25)24-10-7-18(15-24)23-11-8-22-9-12-23/h2-6,14,18,22H,7-13,15H2,1H3. The predicted molar refractivity (Wildman–Crippen MR) is 104 cm³/mol. The van der Waals surface area contributed by atoms with Crippen molar-refractivity contribution in [2.45, 2.75) is 18.9 Å². The summed E-state index contributed by atoms with van der Waals surface area (Å²) in [7, 11) is 1.68. The number of hydrogen-bond donors (Lipinski definition) is 1. The number of likely N-dealkylation sites (tertiary alicyclic amines) is 1. The van der Waals surface area contributed by atoms with Gasteiger partial charge >= 0.3 is 0 Å². The van der Waals surface area contributed by atoms with Crippen LogP contribution in [0.1, 0.15) is 12.0 Å². The van der Waals surface area contributed by atoms with E-state index in [9.17, 15) is 4.79 Å². The van der Waals surface area contributed by atoms with Crippen LogP contribution in [-0.4, -0.2) is 68.1 Å². The maximum atomic E-state index is 12.9. The third-order valence-electron chi connectivity index (χ3n) is 5.71. The molecule has 2 aromatic carbocycles. The molecule has 5 nitrogen and oxygen atoms in total. The van der Waals surface area contributed by atoms with Gasteiger partial charge in [-0.15, -0.1) is 0 Å². The van der Waals surface area contributed by atoms with E-state index in [-0.39, 0.29) is 5.91 Å². The van der Waals surface area contributed by atoms with Gasteiger partial charge in [-0.3, -0.25) is 9.69 Å². The number of rotatable bonds is 4. The Bertz CT molecular complexity index is 786. The molecule has 5 heteroatoms. The molecule has 2 saturated heterocycles. The van der Waals surface area contributed by atoms with Gasteiger partial charge in [-0.05, 0) is 34.9 Å². The monoisotopic (exact) mass is 353 g/mol. The Morgan fingerprint density at radius 1 is 1.19 bits per heavy atom. The zero-order chi connectivity index (χ0) is 17.9. The second-order valence-corrected chi connectivity index (χ2v) is 7.25. The summed E-state index contributed by atoms with van der Waals surface area (Å²) >= 11 is 0. The number of carbonyl (C=O) groups is 1. The quantitative estimate of drug-likeness (QED) is 0.912. The van der Waals surface area contributed by atoms with Gasteiger partial charge in [0.1, 0.15) is 5.75 Å². The van der Waals surface area contributed by atoms with E-state index >= 15 is 0 Å². The Morgan fingerprint density at radius 3 is 2.85 bits per heavy atom. The van der Waals surface area contributed by atoms with E-state index in [1.54, 1.807) is 7.11 Å². The Hall–Kier alpha value is -2.11. The minimum Gasteiger partial charge on any atom is -0.497 e. The molecule has 2 aliphatic rings. The Balaban J connectivity index is 1.46. The van der Waals surface area contributed by atoms with Crippen molar-refractivity contribution in [3.8, 4) is 5.75 Å². The molecular formula is C21H27N3O2. The van der Waals surface area contributed by atoms with Crippen molar-refractivity contribution in [2.75, 3.05) is 46.4 Å². The second-order valence-electron chi connectivity index (χ2n) is 7.25. The van der Waals surface area contributed by atoms with Crippen molar-refractivity contribution in [3.63, 3.8) is 0 Å². The first kappa shape index (κ1) is 17.3. The van der Waals surface area contributed by atoms with Gasteiger partial charge in [-0.2, -0.15) is 0 Å². The summed E-state index contributed by atoms with van der Waals surface area (Å²) in [5.74, 6) is 1.07. The van der Waals surface area contributed by atoms with Gasteiger partial charge < -0.3 is 15.0 Å². The van der Waals surface area contributed by atoms with Crippen molar-refractivity contribution in [2.24, 2.45) is 0 Å². The van der Waals surface area contributed by atoms with Crippen molar-refractivity contribution >= 4 is 16.7 Å². The average Bonchev–Trinajstić information content (AvgIpc) is 3.19. The molecule has 1 atom stereocenters. The molecule has 2 fully saturated rings. The van der Waals surface area contributed by atoms with Crippen molar-refractivity contribution < 1.29 is 9.53 Å². The van der Waals surface area contributed by atoms with E-state index in [0.717, 1.165) is 67.8 Å². The summed E-state index contributed by atoms with van der Waals surface area (Å²) in [6.45, 7) is 6.05. The van der Waals surface area contributed by atoms with Gasteiger partial charge in [-0.25, -0.2) is 0 Å². The first-order valence-electron chi connectivity index (χ1n) is 9.53. The number of fused-ring (bicyclic) bond motifs is 1. The van der Waals surface area contributed by atoms with E-state index in [1.165, 1.54) is 0 Å². The lowest BCUT2D eigenvalue weighted by atomic mass is 10.0. The molecule has 1 N–H and O–H groups in total. The molecule has 1 amide bonds.